The van der Waals surface area contributed by atoms with Gasteiger partial charge in [0.2, 0.25) is 0 Å². The SMILES string of the molecule is C=CCOP(=O)(F)NS(=O)(=O)O. The summed E-state index contributed by atoms with van der Waals surface area (Å²) in [5, 5.41) is 0. The van der Waals surface area contributed by atoms with Crippen molar-refractivity contribution in [1.29, 1.82) is 0 Å². The monoisotopic (exact) mass is 219 g/mol. The highest BCUT2D eigenvalue weighted by atomic mass is 32.2. The molecule has 12 heavy (non-hydrogen) atoms. The van der Waals surface area contributed by atoms with Gasteiger partial charge in [0.1, 0.15) is 0 Å². The molecule has 0 rings (SSSR count). The predicted octanol–water partition coefficient (Wildman–Crippen LogP) is 0.659. The third kappa shape index (κ3) is 6.44. The second-order valence-corrected chi connectivity index (χ2v) is 4.53. The van der Waals surface area contributed by atoms with Crippen LogP contribution in [-0.4, -0.2) is 19.6 Å². The van der Waals surface area contributed by atoms with Crippen molar-refractivity contribution in [3.8, 4) is 0 Å². The van der Waals surface area contributed by atoms with Crippen LogP contribution in [0.5, 0.6) is 0 Å². The predicted molar refractivity (Wildman–Crippen MR) is 39.5 cm³/mol. The molecule has 0 bridgehead atoms. The van der Waals surface area contributed by atoms with Crippen molar-refractivity contribution >= 4 is 18.1 Å². The van der Waals surface area contributed by atoms with E-state index in [2.05, 4.69) is 11.1 Å². The van der Waals surface area contributed by atoms with Gasteiger partial charge in [0.15, 0.2) is 0 Å². The molecule has 0 aliphatic carbocycles. The Morgan fingerprint density at radius 3 is 2.58 bits per heavy atom. The standard InChI is InChI=1S/C3H7FNO5PS/c1-2-3-10-11(4,6)5-12(7,8)9/h2H,1,3H2,(H,5,6)(H,7,8,9). The lowest BCUT2D eigenvalue weighted by atomic mass is 10.7. The first-order valence-electron chi connectivity index (χ1n) is 2.58. The average Bonchev–Trinajstić information content (AvgIpc) is 1.78. The van der Waals surface area contributed by atoms with E-state index < -0.39 is 24.7 Å². The van der Waals surface area contributed by atoms with E-state index in [1.54, 1.807) is 0 Å². The van der Waals surface area contributed by atoms with E-state index in [1.165, 1.54) is 0 Å². The maximum Gasteiger partial charge on any atom is 0.458 e. The summed E-state index contributed by atoms with van der Waals surface area (Å²) in [6.45, 7) is 2.67. The number of halogens is 1. The van der Waals surface area contributed by atoms with Crippen molar-refractivity contribution < 1.29 is 26.3 Å². The van der Waals surface area contributed by atoms with Gasteiger partial charge in [-0.25, -0.2) is 4.57 Å². The second kappa shape index (κ2) is 4.11. The molecule has 0 aromatic carbocycles. The van der Waals surface area contributed by atoms with Gasteiger partial charge in [-0.05, 0) is 0 Å². The molecule has 72 valence electrons. The summed E-state index contributed by atoms with van der Waals surface area (Å²) >= 11 is 0. The van der Waals surface area contributed by atoms with Crippen molar-refractivity contribution in [3.05, 3.63) is 12.7 Å². The van der Waals surface area contributed by atoms with Gasteiger partial charge >= 0.3 is 18.1 Å². The topological polar surface area (TPSA) is 92.7 Å². The first kappa shape index (κ1) is 11.7. The molecule has 0 radical (unpaired) electrons. The summed E-state index contributed by atoms with van der Waals surface area (Å²) in [5.74, 6) is 0. The van der Waals surface area contributed by atoms with Crippen LogP contribution in [0.4, 0.5) is 4.20 Å². The van der Waals surface area contributed by atoms with E-state index in [0.717, 1.165) is 10.6 Å². The van der Waals surface area contributed by atoms with Crippen molar-refractivity contribution in [3.63, 3.8) is 0 Å². The van der Waals surface area contributed by atoms with Gasteiger partial charge in [0.05, 0.1) is 6.61 Å². The lowest BCUT2D eigenvalue weighted by molar-refractivity contribution is 0.315. The third-order valence-corrected chi connectivity index (χ3v) is 2.86. The molecule has 0 saturated carbocycles. The Hall–Kier alpha value is -0.270. The Bertz CT molecular complexity index is 300. The minimum absolute atomic E-state index is 0.434. The summed E-state index contributed by atoms with van der Waals surface area (Å²) in [6, 6.07) is 0. The molecule has 0 fully saturated rings. The number of hydrogen-bond acceptors (Lipinski definition) is 4. The Morgan fingerprint density at radius 1 is 1.75 bits per heavy atom. The zero-order chi connectivity index (χ0) is 9.83. The van der Waals surface area contributed by atoms with Gasteiger partial charge in [0, 0.05) is 0 Å². The Balaban J connectivity index is 4.24. The molecular weight excluding hydrogens is 212 g/mol. The Morgan fingerprint density at radius 2 is 2.25 bits per heavy atom. The van der Waals surface area contributed by atoms with Gasteiger partial charge < -0.3 is 0 Å². The first-order valence-corrected chi connectivity index (χ1v) is 5.54. The van der Waals surface area contributed by atoms with Gasteiger partial charge in [-0.3, -0.25) is 9.08 Å². The molecule has 0 spiro atoms. The van der Waals surface area contributed by atoms with E-state index in [9.17, 15) is 17.2 Å². The highest BCUT2D eigenvalue weighted by Gasteiger charge is 2.27. The molecule has 0 aliphatic heterocycles. The Labute approximate surface area is 68.9 Å². The second-order valence-electron chi connectivity index (χ2n) is 1.63. The summed E-state index contributed by atoms with van der Waals surface area (Å²) in [7, 11) is -9.85. The first-order chi connectivity index (χ1) is 5.27. The number of nitrogens with one attached hydrogen (secondary N) is 1. The zero-order valence-corrected chi connectivity index (χ0v) is 7.52. The highest BCUT2D eigenvalue weighted by Crippen LogP contribution is 2.44. The number of rotatable bonds is 5. The average molecular weight is 219 g/mol. The molecule has 6 nitrogen and oxygen atoms in total. The maximum absolute atomic E-state index is 12.4. The van der Waals surface area contributed by atoms with E-state index >= 15 is 0 Å². The Kier molecular flexibility index (Phi) is 4.01. The van der Waals surface area contributed by atoms with Crippen molar-refractivity contribution in [1.82, 2.24) is 4.49 Å². The molecule has 1 atom stereocenters. The molecule has 1 unspecified atom stereocenters. The summed E-state index contributed by atoms with van der Waals surface area (Å²) < 4.78 is 55.3. The molecule has 0 aromatic heterocycles. The van der Waals surface area contributed by atoms with Crippen LogP contribution in [0.3, 0.4) is 0 Å². The molecule has 0 amide bonds. The zero-order valence-electron chi connectivity index (χ0n) is 5.81. The van der Waals surface area contributed by atoms with Gasteiger partial charge in [0.25, 0.3) is 0 Å². The van der Waals surface area contributed by atoms with Crippen LogP contribution in [0, 0.1) is 0 Å². The summed E-state index contributed by atoms with van der Waals surface area (Å²) in [5.41, 5.74) is 0. The van der Waals surface area contributed by atoms with Crippen LogP contribution in [0.25, 0.3) is 0 Å². The maximum atomic E-state index is 12.4. The molecule has 0 heterocycles. The molecule has 0 aliphatic rings. The summed E-state index contributed by atoms with van der Waals surface area (Å²) in [4.78, 5) is 0. The van der Waals surface area contributed by atoms with Crippen LogP contribution in [0.2, 0.25) is 0 Å². The van der Waals surface area contributed by atoms with Gasteiger partial charge in [-0.2, -0.15) is 8.42 Å². The normalized spacial score (nSPS) is 16.8. The quantitative estimate of drug-likeness (QED) is 0.402. The van der Waals surface area contributed by atoms with Crippen LogP contribution in [0.15, 0.2) is 12.7 Å². The molecule has 2 N–H and O–H groups in total. The smallest absolute Gasteiger partial charge is 0.289 e. The molecule has 9 heteroatoms. The van der Waals surface area contributed by atoms with E-state index in [4.69, 9.17) is 4.55 Å². The largest absolute Gasteiger partial charge is 0.458 e. The fraction of sp³-hybridized carbons (Fsp3) is 0.333. The van der Waals surface area contributed by atoms with E-state index in [-0.39, 0.29) is 0 Å². The minimum Gasteiger partial charge on any atom is -0.289 e. The van der Waals surface area contributed by atoms with Crippen molar-refractivity contribution in [2.75, 3.05) is 6.61 Å². The number of hydrogen-bond donors (Lipinski definition) is 2. The van der Waals surface area contributed by atoms with Crippen molar-refractivity contribution in [2.45, 2.75) is 0 Å². The van der Waals surface area contributed by atoms with Crippen LogP contribution >= 0.6 is 7.83 Å². The molecular formula is C3H7FNO5PS. The lowest BCUT2D eigenvalue weighted by Crippen LogP contribution is -2.18. The molecule has 0 saturated heterocycles. The van der Waals surface area contributed by atoms with E-state index in [1.807, 2.05) is 0 Å². The highest BCUT2D eigenvalue weighted by molar-refractivity contribution is 7.89. The van der Waals surface area contributed by atoms with Crippen molar-refractivity contribution in [2.24, 2.45) is 0 Å². The van der Waals surface area contributed by atoms with Crippen LogP contribution in [-0.2, 0) is 19.4 Å². The fourth-order valence-corrected chi connectivity index (χ4v) is 1.92. The van der Waals surface area contributed by atoms with Gasteiger partial charge in [-0.1, -0.05) is 10.6 Å². The fourth-order valence-electron chi connectivity index (χ4n) is 0.313. The van der Waals surface area contributed by atoms with E-state index in [0.29, 0.717) is 0 Å². The minimum atomic E-state index is -4.99. The molecule has 0 aromatic rings. The van der Waals surface area contributed by atoms with Gasteiger partial charge in [-0.15, -0.1) is 10.8 Å². The van der Waals surface area contributed by atoms with Crippen LogP contribution < -0.4 is 4.49 Å². The third-order valence-electron chi connectivity index (χ3n) is 0.583. The summed E-state index contributed by atoms with van der Waals surface area (Å²) in [6.07, 6.45) is 1.07. The lowest BCUT2D eigenvalue weighted by Gasteiger charge is -2.06. The van der Waals surface area contributed by atoms with Crippen LogP contribution in [0.1, 0.15) is 0 Å².